The molecule has 96 valence electrons. The van der Waals surface area contributed by atoms with Crippen LogP contribution in [-0.4, -0.2) is 32.2 Å². The second-order valence-electron chi connectivity index (χ2n) is 4.09. The SMILES string of the molecule is COC(CNC(C)c1ccc(C)cc1O)OC. The molecule has 0 fully saturated rings. The van der Waals surface area contributed by atoms with E-state index in [0.29, 0.717) is 12.3 Å². The van der Waals surface area contributed by atoms with Crippen LogP contribution >= 0.6 is 0 Å². The molecule has 0 aliphatic heterocycles. The van der Waals surface area contributed by atoms with Gasteiger partial charge in [-0.2, -0.15) is 0 Å². The zero-order chi connectivity index (χ0) is 12.8. The van der Waals surface area contributed by atoms with Crippen LogP contribution in [0, 0.1) is 6.92 Å². The number of aryl methyl sites for hydroxylation is 1. The molecule has 1 unspecified atom stereocenters. The summed E-state index contributed by atoms with van der Waals surface area (Å²) >= 11 is 0. The fraction of sp³-hybridized carbons (Fsp3) is 0.538. The lowest BCUT2D eigenvalue weighted by molar-refractivity contribution is -0.0997. The van der Waals surface area contributed by atoms with Gasteiger partial charge in [0.1, 0.15) is 5.75 Å². The van der Waals surface area contributed by atoms with Crippen molar-refractivity contribution in [3.8, 4) is 5.75 Å². The lowest BCUT2D eigenvalue weighted by Gasteiger charge is -2.19. The van der Waals surface area contributed by atoms with Gasteiger partial charge in [0.05, 0.1) is 0 Å². The van der Waals surface area contributed by atoms with Crippen LogP contribution in [0.25, 0.3) is 0 Å². The Hall–Kier alpha value is -1.10. The molecular weight excluding hydrogens is 218 g/mol. The lowest BCUT2D eigenvalue weighted by Crippen LogP contribution is -2.31. The van der Waals surface area contributed by atoms with E-state index in [9.17, 15) is 5.11 Å². The van der Waals surface area contributed by atoms with Crippen LogP contribution in [0.2, 0.25) is 0 Å². The van der Waals surface area contributed by atoms with E-state index in [1.807, 2.05) is 26.0 Å². The summed E-state index contributed by atoms with van der Waals surface area (Å²) in [4.78, 5) is 0. The van der Waals surface area contributed by atoms with Crippen LogP contribution in [0.5, 0.6) is 5.75 Å². The molecule has 4 nitrogen and oxygen atoms in total. The van der Waals surface area contributed by atoms with Crippen molar-refractivity contribution in [1.82, 2.24) is 5.32 Å². The molecule has 0 bridgehead atoms. The number of methoxy groups -OCH3 is 2. The van der Waals surface area contributed by atoms with E-state index < -0.39 is 0 Å². The molecule has 1 aromatic rings. The highest BCUT2D eigenvalue weighted by atomic mass is 16.7. The molecule has 0 radical (unpaired) electrons. The molecule has 0 aliphatic rings. The zero-order valence-electron chi connectivity index (χ0n) is 10.9. The van der Waals surface area contributed by atoms with Gasteiger partial charge in [0.15, 0.2) is 6.29 Å². The van der Waals surface area contributed by atoms with Crippen molar-refractivity contribution in [1.29, 1.82) is 0 Å². The molecular formula is C13H21NO3. The molecule has 0 spiro atoms. The molecule has 1 rings (SSSR count). The Morgan fingerprint density at radius 2 is 1.94 bits per heavy atom. The molecule has 0 saturated carbocycles. The third-order valence-corrected chi connectivity index (χ3v) is 2.77. The van der Waals surface area contributed by atoms with E-state index in [1.165, 1.54) is 0 Å². The Balaban J connectivity index is 2.60. The van der Waals surface area contributed by atoms with E-state index in [1.54, 1.807) is 20.3 Å². The predicted molar refractivity (Wildman–Crippen MR) is 67.1 cm³/mol. The summed E-state index contributed by atoms with van der Waals surface area (Å²) in [5.41, 5.74) is 1.92. The van der Waals surface area contributed by atoms with Gasteiger partial charge < -0.3 is 19.9 Å². The molecule has 0 aromatic heterocycles. The third-order valence-electron chi connectivity index (χ3n) is 2.77. The van der Waals surface area contributed by atoms with Gasteiger partial charge in [-0.25, -0.2) is 0 Å². The Labute approximate surface area is 103 Å². The van der Waals surface area contributed by atoms with Gasteiger partial charge in [-0.15, -0.1) is 0 Å². The summed E-state index contributed by atoms with van der Waals surface area (Å²) in [6.45, 7) is 4.52. The molecule has 0 saturated heterocycles. The minimum absolute atomic E-state index is 0.0448. The van der Waals surface area contributed by atoms with Crippen molar-refractivity contribution < 1.29 is 14.6 Å². The lowest BCUT2D eigenvalue weighted by atomic mass is 10.1. The van der Waals surface area contributed by atoms with Gasteiger partial charge >= 0.3 is 0 Å². The first-order valence-electron chi connectivity index (χ1n) is 5.67. The minimum atomic E-state index is -0.273. The largest absolute Gasteiger partial charge is 0.508 e. The molecule has 1 aromatic carbocycles. The van der Waals surface area contributed by atoms with Crippen molar-refractivity contribution in [3.63, 3.8) is 0 Å². The molecule has 0 heterocycles. The summed E-state index contributed by atoms with van der Waals surface area (Å²) < 4.78 is 10.2. The van der Waals surface area contributed by atoms with Crippen LogP contribution < -0.4 is 5.32 Å². The van der Waals surface area contributed by atoms with Gasteiger partial charge in [0.2, 0.25) is 0 Å². The Morgan fingerprint density at radius 3 is 2.47 bits per heavy atom. The first kappa shape index (κ1) is 14.0. The number of nitrogens with one attached hydrogen (secondary N) is 1. The van der Waals surface area contributed by atoms with Crippen LogP contribution in [0.4, 0.5) is 0 Å². The molecule has 1 atom stereocenters. The average Bonchev–Trinajstić information content (AvgIpc) is 2.30. The number of ether oxygens (including phenoxy) is 2. The summed E-state index contributed by atoms with van der Waals surface area (Å²) in [7, 11) is 3.20. The Kier molecular flexibility index (Phi) is 5.41. The number of aromatic hydroxyl groups is 1. The molecule has 2 N–H and O–H groups in total. The standard InChI is InChI=1S/C13H21NO3/c1-9-5-6-11(12(15)7-9)10(2)14-8-13(16-3)17-4/h5-7,10,13-15H,8H2,1-4H3. The highest BCUT2D eigenvalue weighted by Crippen LogP contribution is 2.24. The highest BCUT2D eigenvalue weighted by Gasteiger charge is 2.12. The minimum Gasteiger partial charge on any atom is -0.508 e. The number of phenolic OH excluding ortho intramolecular Hbond substituents is 1. The second-order valence-corrected chi connectivity index (χ2v) is 4.09. The van der Waals surface area contributed by atoms with Crippen molar-refractivity contribution in [2.45, 2.75) is 26.2 Å². The predicted octanol–water partition coefficient (Wildman–Crippen LogP) is 1.97. The Bertz CT molecular complexity index is 351. The maximum absolute atomic E-state index is 9.84. The number of benzene rings is 1. The van der Waals surface area contributed by atoms with Crippen LogP contribution in [-0.2, 0) is 9.47 Å². The monoisotopic (exact) mass is 239 g/mol. The van der Waals surface area contributed by atoms with E-state index in [4.69, 9.17) is 9.47 Å². The van der Waals surface area contributed by atoms with Crippen molar-refractivity contribution >= 4 is 0 Å². The highest BCUT2D eigenvalue weighted by molar-refractivity contribution is 5.37. The number of hydrogen-bond acceptors (Lipinski definition) is 4. The van der Waals surface area contributed by atoms with Gasteiger partial charge in [0.25, 0.3) is 0 Å². The number of hydrogen-bond donors (Lipinski definition) is 2. The normalized spacial score (nSPS) is 13.0. The molecule has 17 heavy (non-hydrogen) atoms. The zero-order valence-corrected chi connectivity index (χ0v) is 10.9. The first-order valence-corrected chi connectivity index (χ1v) is 5.67. The van der Waals surface area contributed by atoms with Crippen molar-refractivity contribution in [2.75, 3.05) is 20.8 Å². The fourth-order valence-corrected chi connectivity index (χ4v) is 1.67. The summed E-state index contributed by atoms with van der Waals surface area (Å²) in [6, 6.07) is 5.72. The van der Waals surface area contributed by atoms with Gasteiger partial charge in [-0.1, -0.05) is 12.1 Å². The molecule has 4 heteroatoms. The van der Waals surface area contributed by atoms with Gasteiger partial charge in [-0.3, -0.25) is 0 Å². The van der Waals surface area contributed by atoms with E-state index in [2.05, 4.69) is 5.32 Å². The second kappa shape index (κ2) is 6.59. The van der Waals surface area contributed by atoms with Crippen LogP contribution in [0.3, 0.4) is 0 Å². The maximum Gasteiger partial charge on any atom is 0.169 e. The number of rotatable bonds is 6. The fourth-order valence-electron chi connectivity index (χ4n) is 1.67. The van der Waals surface area contributed by atoms with Gasteiger partial charge in [-0.05, 0) is 25.5 Å². The quantitative estimate of drug-likeness (QED) is 0.745. The van der Waals surface area contributed by atoms with Crippen LogP contribution in [0.15, 0.2) is 18.2 Å². The first-order chi connectivity index (χ1) is 8.08. The maximum atomic E-state index is 9.84. The summed E-state index contributed by atoms with van der Waals surface area (Å²) in [6.07, 6.45) is -0.273. The number of phenols is 1. The van der Waals surface area contributed by atoms with E-state index in [-0.39, 0.29) is 12.3 Å². The van der Waals surface area contributed by atoms with Crippen LogP contribution in [0.1, 0.15) is 24.1 Å². The van der Waals surface area contributed by atoms with Crippen molar-refractivity contribution in [3.05, 3.63) is 29.3 Å². The average molecular weight is 239 g/mol. The topological polar surface area (TPSA) is 50.7 Å². The molecule has 0 aliphatic carbocycles. The Morgan fingerprint density at radius 1 is 1.29 bits per heavy atom. The van der Waals surface area contributed by atoms with Gasteiger partial charge in [0, 0.05) is 32.4 Å². The smallest absolute Gasteiger partial charge is 0.169 e. The van der Waals surface area contributed by atoms with Crippen molar-refractivity contribution in [2.24, 2.45) is 0 Å². The third kappa shape index (κ3) is 4.00. The van der Waals surface area contributed by atoms with E-state index in [0.717, 1.165) is 11.1 Å². The summed E-state index contributed by atoms with van der Waals surface area (Å²) in [5, 5.41) is 13.1. The molecule has 0 amide bonds. The summed E-state index contributed by atoms with van der Waals surface area (Å²) in [5.74, 6) is 0.316. The van der Waals surface area contributed by atoms with E-state index >= 15 is 0 Å².